The third-order valence-electron chi connectivity index (χ3n) is 5.45. The number of aromatic nitrogens is 4. The lowest BCUT2D eigenvalue weighted by Crippen LogP contribution is -2.04. The Morgan fingerprint density at radius 2 is 1.65 bits per heavy atom. The van der Waals surface area contributed by atoms with Crippen molar-refractivity contribution in [3.8, 4) is 39.8 Å². The molecule has 0 radical (unpaired) electrons. The molecular weight excluding hydrogens is 529 g/mol. The number of benzene rings is 3. The molecule has 0 aliphatic heterocycles. The molecule has 0 aliphatic rings. The SMILES string of the molecule is CS(=O)(=O)c1cccc(-c2ccc(-n3cc(-c4nnc(C(F)(F)F)o4)nc3-c3ccccc3Cl)cc2)c1. The predicted octanol–water partition coefficient (Wildman–Crippen LogP) is 6.33. The molecule has 0 saturated heterocycles. The minimum absolute atomic E-state index is 0.0304. The average Bonchev–Trinajstić information content (AvgIpc) is 3.52. The Kier molecular flexibility index (Phi) is 6.12. The second-order valence-corrected chi connectivity index (χ2v) is 10.5. The van der Waals surface area contributed by atoms with Crippen LogP contribution in [0.15, 0.2) is 88.3 Å². The summed E-state index contributed by atoms with van der Waals surface area (Å²) in [6.45, 7) is 0. The van der Waals surface area contributed by atoms with Gasteiger partial charge in [-0.3, -0.25) is 4.57 Å². The Balaban J connectivity index is 1.59. The first-order valence-electron chi connectivity index (χ1n) is 10.7. The van der Waals surface area contributed by atoms with Crippen molar-refractivity contribution >= 4 is 21.4 Å². The summed E-state index contributed by atoms with van der Waals surface area (Å²) in [7, 11) is -3.37. The summed E-state index contributed by atoms with van der Waals surface area (Å²) in [6, 6.07) is 20.6. The number of hydrogen-bond donors (Lipinski definition) is 0. The summed E-state index contributed by atoms with van der Waals surface area (Å²) in [5.74, 6) is -1.52. The van der Waals surface area contributed by atoms with Crippen LogP contribution in [0.4, 0.5) is 13.2 Å². The van der Waals surface area contributed by atoms with E-state index in [9.17, 15) is 21.6 Å². The first-order valence-corrected chi connectivity index (χ1v) is 12.9. The maximum absolute atomic E-state index is 13.0. The summed E-state index contributed by atoms with van der Waals surface area (Å²) in [5.41, 5.74) is 2.66. The van der Waals surface area contributed by atoms with Gasteiger partial charge >= 0.3 is 12.1 Å². The van der Waals surface area contributed by atoms with Crippen molar-refractivity contribution in [1.82, 2.24) is 19.7 Å². The number of imidazole rings is 1. The standard InChI is InChI=1S/C25H16ClF3N4O3S/c1-37(34,35)18-6-4-5-16(13-18)15-9-11-17(12-10-15)33-14-21(23-31-32-24(36-23)25(27,28)29)30-22(33)19-7-2-3-8-20(19)26/h2-14H,1H3. The highest BCUT2D eigenvalue weighted by Gasteiger charge is 2.38. The van der Waals surface area contributed by atoms with Crippen LogP contribution in [0.2, 0.25) is 5.02 Å². The molecule has 0 bridgehead atoms. The molecule has 12 heteroatoms. The molecule has 0 spiro atoms. The van der Waals surface area contributed by atoms with Crippen molar-refractivity contribution in [2.24, 2.45) is 0 Å². The first kappa shape index (κ1) is 24.7. The van der Waals surface area contributed by atoms with E-state index in [0.717, 1.165) is 11.8 Å². The highest BCUT2D eigenvalue weighted by molar-refractivity contribution is 7.90. The predicted molar refractivity (Wildman–Crippen MR) is 131 cm³/mol. The van der Waals surface area contributed by atoms with Gasteiger partial charge in [0.25, 0.3) is 5.89 Å². The number of alkyl halides is 3. The van der Waals surface area contributed by atoms with Gasteiger partial charge in [0.15, 0.2) is 9.84 Å². The largest absolute Gasteiger partial charge is 0.470 e. The Morgan fingerprint density at radius 1 is 0.919 bits per heavy atom. The number of hydrogen-bond acceptors (Lipinski definition) is 6. The van der Waals surface area contributed by atoms with E-state index in [2.05, 4.69) is 15.2 Å². The molecule has 0 amide bonds. The van der Waals surface area contributed by atoms with E-state index in [4.69, 9.17) is 16.0 Å². The maximum atomic E-state index is 13.0. The van der Waals surface area contributed by atoms with Crippen molar-refractivity contribution < 1.29 is 26.0 Å². The summed E-state index contributed by atoms with van der Waals surface area (Å²) in [4.78, 5) is 4.65. The Labute approximate surface area is 214 Å². The molecule has 5 aromatic rings. The molecule has 188 valence electrons. The van der Waals surface area contributed by atoms with Crippen LogP contribution in [0.3, 0.4) is 0 Å². The highest BCUT2D eigenvalue weighted by atomic mass is 35.5. The van der Waals surface area contributed by atoms with Gasteiger partial charge < -0.3 is 4.42 Å². The summed E-state index contributed by atoms with van der Waals surface area (Å²) in [5, 5.41) is 6.97. The van der Waals surface area contributed by atoms with Crippen LogP contribution in [-0.4, -0.2) is 34.4 Å². The fourth-order valence-electron chi connectivity index (χ4n) is 3.67. The van der Waals surface area contributed by atoms with Crippen molar-refractivity contribution in [1.29, 1.82) is 0 Å². The molecule has 0 unspecified atom stereocenters. The van der Waals surface area contributed by atoms with E-state index in [-0.39, 0.29) is 10.6 Å². The molecular formula is C25H16ClF3N4O3S. The lowest BCUT2D eigenvalue weighted by molar-refractivity contribution is -0.156. The molecule has 0 aliphatic carbocycles. The second kappa shape index (κ2) is 9.16. The number of rotatable bonds is 5. The molecule has 7 nitrogen and oxygen atoms in total. The minimum atomic E-state index is -4.79. The first-order chi connectivity index (χ1) is 17.5. The molecule has 2 aromatic heterocycles. The molecule has 37 heavy (non-hydrogen) atoms. The van der Waals surface area contributed by atoms with Crippen LogP contribution in [0.1, 0.15) is 5.89 Å². The molecule has 0 N–H and O–H groups in total. The fraction of sp³-hybridized carbons (Fsp3) is 0.0800. The minimum Gasteiger partial charge on any atom is -0.411 e. The fourth-order valence-corrected chi connectivity index (χ4v) is 4.56. The van der Waals surface area contributed by atoms with Crippen molar-refractivity contribution in [3.05, 3.63) is 89.9 Å². The molecule has 2 heterocycles. The van der Waals surface area contributed by atoms with Gasteiger partial charge in [-0.2, -0.15) is 13.2 Å². The molecule has 3 aromatic carbocycles. The zero-order valence-electron chi connectivity index (χ0n) is 18.9. The van der Waals surface area contributed by atoms with Gasteiger partial charge in [-0.15, -0.1) is 10.2 Å². The summed E-state index contributed by atoms with van der Waals surface area (Å²) >= 11 is 6.39. The number of nitrogens with zero attached hydrogens (tertiary/aromatic N) is 4. The lowest BCUT2D eigenvalue weighted by atomic mass is 10.1. The van der Waals surface area contributed by atoms with E-state index >= 15 is 0 Å². The van der Waals surface area contributed by atoms with E-state index in [0.29, 0.717) is 27.7 Å². The molecule has 0 saturated carbocycles. The smallest absolute Gasteiger partial charge is 0.411 e. The third-order valence-corrected chi connectivity index (χ3v) is 6.89. The van der Waals surface area contributed by atoms with Gasteiger partial charge in [-0.1, -0.05) is 48.0 Å². The number of halogens is 4. The Bertz CT molecular complexity index is 1710. The lowest BCUT2D eigenvalue weighted by Gasteiger charge is -2.10. The molecule has 0 fully saturated rings. The summed E-state index contributed by atoms with van der Waals surface area (Å²) in [6.07, 6.45) is -2.17. The Hall–Kier alpha value is -3.96. The zero-order chi connectivity index (χ0) is 26.4. The highest BCUT2D eigenvalue weighted by Crippen LogP contribution is 2.34. The second-order valence-electron chi connectivity index (χ2n) is 8.06. The van der Waals surface area contributed by atoms with Crippen LogP contribution in [-0.2, 0) is 16.0 Å². The summed E-state index contributed by atoms with van der Waals surface area (Å²) < 4.78 is 69.3. The normalized spacial score (nSPS) is 12.1. The molecule has 0 atom stereocenters. The van der Waals surface area contributed by atoms with Gasteiger partial charge in [-0.05, 0) is 47.5 Å². The average molecular weight is 545 g/mol. The van der Waals surface area contributed by atoms with Crippen molar-refractivity contribution in [2.75, 3.05) is 6.26 Å². The van der Waals surface area contributed by atoms with Crippen LogP contribution in [0.25, 0.3) is 39.8 Å². The van der Waals surface area contributed by atoms with Crippen LogP contribution in [0.5, 0.6) is 0 Å². The van der Waals surface area contributed by atoms with Crippen LogP contribution < -0.4 is 0 Å². The van der Waals surface area contributed by atoms with E-state index in [1.165, 1.54) is 12.3 Å². The molecule has 5 rings (SSSR count). The zero-order valence-corrected chi connectivity index (χ0v) is 20.5. The van der Waals surface area contributed by atoms with Gasteiger partial charge in [0.05, 0.1) is 9.92 Å². The van der Waals surface area contributed by atoms with E-state index < -0.39 is 27.8 Å². The van der Waals surface area contributed by atoms with Gasteiger partial charge in [0.1, 0.15) is 11.5 Å². The maximum Gasteiger partial charge on any atom is 0.470 e. The van der Waals surface area contributed by atoms with Gasteiger partial charge in [0, 0.05) is 23.7 Å². The van der Waals surface area contributed by atoms with Gasteiger partial charge in [0.2, 0.25) is 0 Å². The topological polar surface area (TPSA) is 90.9 Å². The number of sulfone groups is 1. The monoisotopic (exact) mass is 544 g/mol. The van der Waals surface area contributed by atoms with Crippen LogP contribution >= 0.6 is 11.6 Å². The van der Waals surface area contributed by atoms with Gasteiger partial charge in [-0.25, -0.2) is 13.4 Å². The third kappa shape index (κ3) is 5.00. The van der Waals surface area contributed by atoms with Crippen LogP contribution in [0, 0.1) is 0 Å². The van der Waals surface area contributed by atoms with Crippen molar-refractivity contribution in [2.45, 2.75) is 11.1 Å². The van der Waals surface area contributed by atoms with E-state index in [1.54, 1.807) is 71.3 Å². The quantitative estimate of drug-likeness (QED) is 0.257. The van der Waals surface area contributed by atoms with Crippen molar-refractivity contribution in [3.63, 3.8) is 0 Å². The Morgan fingerprint density at radius 3 is 2.30 bits per heavy atom. The van der Waals surface area contributed by atoms with E-state index in [1.807, 2.05) is 0 Å².